The third kappa shape index (κ3) is 5.11. The van der Waals surface area contributed by atoms with Crippen LogP contribution in [-0.4, -0.2) is 30.7 Å². The Kier molecular flexibility index (Phi) is 5.77. The number of aliphatic imine (C=N–C) groups is 1. The van der Waals surface area contributed by atoms with Crippen LogP contribution in [-0.2, 0) is 4.79 Å². The summed E-state index contributed by atoms with van der Waals surface area (Å²) in [4.78, 5) is 27.8. The number of methoxy groups -OCH3 is 1. The Morgan fingerprint density at radius 1 is 1.22 bits per heavy atom. The molecule has 0 bridgehead atoms. The predicted octanol–water partition coefficient (Wildman–Crippen LogP) is 3.09. The largest absolute Gasteiger partial charge is 0.497 e. The average molecular weight is 383 g/mol. The summed E-state index contributed by atoms with van der Waals surface area (Å²) < 4.78 is 10.4. The van der Waals surface area contributed by atoms with Crippen LogP contribution >= 0.6 is 11.8 Å². The summed E-state index contributed by atoms with van der Waals surface area (Å²) in [5.41, 5.74) is 6.59. The monoisotopic (exact) mass is 383 g/mol. The van der Waals surface area contributed by atoms with Gasteiger partial charge in [-0.1, -0.05) is 18.2 Å². The van der Waals surface area contributed by atoms with E-state index >= 15 is 0 Å². The van der Waals surface area contributed by atoms with Crippen molar-refractivity contribution >= 4 is 40.5 Å². The highest BCUT2D eigenvalue weighted by molar-refractivity contribution is 8.18. The molecule has 0 aromatic heterocycles. The van der Waals surface area contributed by atoms with Gasteiger partial charge in [-0.05, 0) is 47.7 Å². The number of hydrogen-bond acceptors (Lipinski definition) is 6. The van der Waals surface area contributed by atoms with Crippen LogP contribution in [0.1, 0.15) is 5.56 Å². The lowest BCUT2D eigenvalue weighted by Crippen LogP contribution is -2.19. The molecule has 1 saturated heterocycles. The number of rotatable bonds is 6. The molecule has 1 heterocycles. The fourth-order valence-electron chi connectivity index (χ4n) is 2.29. The summed E-state index contributed by atoms with van der Waals surface area (Å²) in [6.07, 6.45) is 1.85. The summed E-state index contributed by atoms with van der Waals surface area (Å²) in [5, 5.41) is 2.55. The number of amides is 2. The third-order valence-corrected chi connectivity index (χ3v) is 4.33. The van der Waals surface area contributed by atoms with E-state index in [4.69, 9.17) is 15.2 Å². The summed E-state index contributed by atoms with van der Waals surface area (Å²) in [6, 6.07) is 14.3. The van der Waals surface area contributed by atoms with Crippen molar-refractivity contribution in [2.45, 2.75) is 0 Å². The molecule has 138 valence electrons. The Morgan fingerprint density at radius 3 is 2.70 bits per heavy atom. The number of nitrogens with one attached hydrogen (secondary N) is 1. The standard InChI is InChI=1S/C19H17N3O4S/c1-25-15-4-2-3-13(10-15)21-18-16(27-19(24)22-18)9-12-5-7-14(8-6-12)26-11-17(20)23/h2-10H,11H2,1H3,(H2,20,23)(H,21,22,24). The molecule has 1 aliphatic heterocycles. The van der Waals surface area contributed by atoms with Crippen molar-refractivity contribution in [1.29, 1.82) is 0 Å². The van der Waals surface area contributed by atoms with Crippen LogP contribution < -0.4 is 20.5 Å². The molecular formula is C19H17N3O4S. The van der Waals surface area contributed by atoms with Crippen LogP contribution in [0.25, 0.3) is 6.08 Å². The van der Waals surface area contributed by atoms with Crippen LogP contribution in [0.3, 0.4) is 0 Å². The molecule has 3 rings (SSSR count). The first-order valence-electron chi connectivity index (χ1n) is 7.98. The van der Waals surface area contributed by atoms with E-state index in [-0.39, 0.29) is 11.8 Å². The van der Waals surface area contributed by atoms with Crippen LogP contribution in [0.4, 0.5) is 10.5 Å². The van der Waals surface area contributed by atoms with Gasteiger partial charge in [-0.2, -0.15) is 0 Å². The Balaban J connectivity index is 1.81. The van der Waals surface area contributed by atoms with Crippen molar-refractivity contribution in [3.05, 3.63) is 59.0 Å². The molecule has 0 aliphatic carbocycles. The highest BCUT2D eigenvalue weighted by Gasteiger charge is 2.23. The molecule has 27 heavy (non-hydrogen) atoms. The minimum atomic E-state index is -0.536. The van der Waals surface area contributed by atoms with Crippen molar-refractivity contribution in [2.75, 3.05) is 13.7 Å². The van der Waals surface area contributed by atoms with E-state index in [1.807, 2.05) is 36.4 Å². The van der Waals surface area contributed by atoms with Crippen LogP contribution in [0.2, 0.25) is 0 Å². The number of primary amides is 1. The maximum atomic E-state index is 11.8. The highest BCUT2D eigenvalue weighted by Crippen LogP contribution is 2.29. The van der Waals surface area contributed by atoms with Crippen LogP contribution in [0, 0.1) is 0 Å². The van der Waals surface area contributed by atoms with E-state index in [1.165, 1.54) is 0 Å². The molecule has 7 nitrogen and oxygen atoms in total. The first-order chi connectivity index (χ1) is 13.0. The summed E-state index contributed by atoms with van der Waals surface area (Å²) in [7, 11) is 1.58. The van der Waals surface area contributed by atoms with Crippen molar-refractivity contribution in [2.24, 2.45) is 10.7 Å². The summed E-state index contributed by atoms with van der Waals surface area (Å²) in [6.45, 7) is -0.175. The Hall–Kier alpha value is -3.26. The van der Waals surface area contributed by atoms with Gasteiger partial charge in [0, 0.05) is 6.07 Å². The normalized spacial score (nSPS) is 16.4. The highest BCUT2D eigenvalue weighted by atomic mass is 32.2. The van der Waals surface area contributed by atoms with Gasteiger partial charge in [-0.25, -0.2) is 4.99 Å². The minimum absolute atomic E-state index is 0.175. The molecule has 0 spiro atoms. The van der Waals surface area contributed by atoms with Gasteiger partial charge in [-0.15, -0.1) is 0 Å². The number of amidine groups is 1. The molecule has 0 atom stereocenters. The lowest BCUT2D eigenvalue weighted by molar-refractivity contribution is -0.119. The number of nitrogens with zero attached hydrogens (tertiary/aromatic N) is 1. The number of carbonyl (C=O) groups is 2. The van der Waals surface area contributed by atoms with E-state index < -0.39 is 5.91 Å². The van der Waals surface area contributed by atoms with Crippen molar-refractivity contribution in [3.8, 4) is 11.5 Å². The second kappa shape index (κ2) is 8.41. The van der Waals surface area contributed by atoms with Gasteiger partial charge in [0.2, 0.25) is 0 Å². The van der Waals surface area contributed by atoms with Crippen molar-refractivity contribution < 1.29 is 19.1 Å². The topological polar surface area (TPSA) is 103 Å². The maximum Gasteiger partial charge on any atom is 0.289 e. The van der Waals surface area contributed by atoms with Crippen LogP contribution in [0.5, 0.6) is 11.5 Å². The molecule has 0 saturated carbocycles. The molecule has 2 aromatic rings. The molecule has 1 aliphatic rings. The molecule has 0 unspecified atom stereocenters. The van der Waals surface area contributed by atoms with E-state index in [0.29, 0.717) is 27.9 Å². The fourth-order valence-corrected chi connectivity index (χ4v) is 3.02. The van der Waals surface area contributed by atoms with Gasteiger partial charge in [0.05, 0.1) is 17.7 Å². The second-order valence-corrected chi connectivity index (χ2v) is 6.52. The first-order valence-corrected chi connectivity index (χ1v) is 8.80. The van der Waals surface area contributed by atoms with Gasteiger partial charge in [0.15, 0.2) is 6.61 Å². The van der Waals surface area contributed by atoms with Crippen molar-refractivity contribution in [1.82, 2.24) is 5.32 Å². The lowest BCUT2D eigenvalue weighted by atomic mass is 10.2. The minimum Gasteiger partial charge on any atom is -0.497 e. The Labute approximate surface area is 160 Å². The maximum absolute atomic E-state index is 11.8. The van der Waals surface area contributed by atoms with Gasteiger partial charge < -0.3 is 20.5 Å². The molecular weight excluding hydrogens is 366 g/mol. The van der Waals surface area contributed by atoms with Gasteiger partial charge in [0.1, 0.15) is 17.3 Å². The zero-order valence-electron chi connectivity index (χ0n) is 14.5. The smallest absolute Gasteiger partial charge is 0.289 e. The number of hydrogen-bond donors (Lipinski definition) is 2. The summed E-state index contributed by atoms with van der Waals surface area (Å²) in [5.74, 6) is 1.17. The Bertz CT molecular complexity index is 923. The molecule has 2 aromatic carbocycles. The van der Waals surface area contributed by atoms with E-state index in [1.54, 1.807) is 25.3 Å². The number of benzene rings is 2. The van der Waals surface area contributed by atoms with Crippen LogP contribution in [0.15, 0.2) is 58.4 Å². The van der Waals surface area contributed by atoms with E-state index in [9.17, 15) is 9.59 Å². The summed E-state index contributed by atoms with van der Waals surface area (Å²) >= 11 is 1.07. The zero-order chi connectivity index (χ0) is 19.2. The molecule has 3 N–H and O–H groups in total. The molecule has 0 radical (unpaired) electrons. The average Bonchev–Trinajstić information content (AvgIpc) is 3.00. The van der Waals surface area contributed by atoms with Gasteiger partial charge in [0.25, 0.3) is 11.1 Å². The quantitative estimate of drug-likeness (QED) is 0.798. The lowest BCUT2D eigenvalue weighted by Gasteiger charge is -2.04. The SMILES string of the molecule is COc1cccc(N=C2NC(=O)SC2=Cc2ccc(OCC(N)=O)cc2)c1. The zero-order valence-corrected chi connectivity index (χ0v) is 15.3. The number of thioether (sulfide) groups is 1. The second-order valence-electron chi connectivity index (χ2n) is 5.51. The number of nitrogens with two attached hydrogens (primary N) is 1. The number of ether oxygens (including phenoxy) is 2. The molecule has 1 fully saturated rings. The number of carbonyl (C=O) groups excluding carboxylic acids is 2. The molecule has 8 heteroatoms. The third-order valence-electron chi connectivity index (χ3n) is 3.51. The van der Waals surface area contributed by atoms with E-state index in [2.05, 4.69) is 10.3 Å². The molecule has 2 amide bonds. The fraction of sp³-hybridized carbons (Fsp3) is 0.105. The Morgan fingerprint density at radius 2 is 2.00 bits per heavy atom. The predicted molar refractivity (Wildman–Crippen MR) is 105 cm³/mol. The van der Waals surface area contributed by atoms with E-state index in [0.717, 1.165) is 17.3 Å². The van der Waals surface area contributed by atoms with Gasteiger partial charge in [-0.3, -0.25) is 9.59 Å². The van der Waals surface area contributed by atoms with Gasteiger partial charge >= 0.3 is 0 Å². The first kappa shape index (κ1) is 18.5. The van der Waals surface area contributed by atoms with Crippen molar-refractivity contribution in [3.63, 3.8) is 0 Å².